The van der Waals surface area contributed by atoms with Crippen molar-refractivity contribution in [3.63, 3.8) is 0 Å². The first kappa shape index (κ1) is 19.8. The summed E-state index contributed by atoms with van der Waals surface area (Å²) in [6.45, 7) is 3.07. The van der Waals surface area contributed by atoms with Gasteiger partial charge in [-0.3, -0.25) is 9.59 Å². The van der Waals surface area contributed by atoms with Gasteiger partial charge in [0, 0.05) is 42.4 Å². The van der Waals surface area contributed by atoms with Gasteiger partial charge in [0.05, 0.1) is 14.2 Å². The molecular weight excluding hydrogens is 386 g/mol. The lowest BCUT2D eigenvalue weighted by atomic mass is 9.79. The molecule has 0 saturated carbocycles. The van der Waals surface area contributed by atoms with Gasteiger partial charge < -0.3 is 23.9 Å². The number of aromatic amines is 1. The Hall–Kier alpha value is -3.48. The maximum Gasteiger partial charge on any atom is 0.324 e. The van der Waals surface area contributed by atoms with Crippen LogP contribution < -0.4 is 9.47 Å². The molecular formula is C23H23NO6. The summed E-state index contributed by atoms with van der Waals surface area (Å²) in [6, 6.07) is 13.0. The van der Waals surface area contributed by atoms with E-state index in [2.05, 4.69) is 4.98 Å². The average molecular weight is 409 g/mol. The van der Waals surface area contributed by atoms with Crippen LogP contribution in [-0.4, -0.2) is 36.9 Å². The first-order valence-corrected chi connectivity index (χ1v) is 9.58. The van der Waals surface area contributed by atoms with Crippen LogP contribution in [0.15, 0.2) is 48.7 Å². The summed E-state index contributed by atoms with van der Waals surface area (Å²) in [5.74, 6) is -3.40. The van der Waals surface area contributed by atoms with Crippen molar-refractivity contribution in [2.45, 2.75) is 25.6 Å². The highest BCUT2D eigenvalue weighted by Crippen LogP contribution is 2.44. The standard InChI is InChI=1S/C23H23NO6/c1-23(2)29-21(25)20(22(26)30-23)19(15-11-13(27-3)9-10-18(15)28-4)16-12-24-17-8-6-5-7-14(16)17/h5-12,19-20,24H,1-4H3. The number of H-pyrrole nitrogens is 1. The third-order valence-electron chi connectivity index (χ3n) is 5.26. The van der Waals surface area contributed by atoms with Crippen LogP contribution in [0.1, 0.15) is 30.9 Å². The number of hydrogen-bond acceptors (Lipinski definition) is 6. The lowest BCUT2D eigenvalue weighted by molar-refractivity contribution is -0.240. The van der Waals surface area contributed by atoms with Gasteiger partial charge in [-0.15, -0.1) is 0 Å². The van der Waals surface area contributed by atoms with Crippen LogP contribution in [0.5, 0.6) is 11.5 Å². The Labute approximate surface area is 173 Å². The summed E-state index contributed by atoms with van der Waals surface area (Å²) in [6.07, 6.45) is 1.80. The van der Waals surface area contributed by atoms with Crippen LogP contribution in [0.4, 0.5) is 0 Å². The number of fused-ring (bicyclic) bond motifs is 1. The molecule has 7 heteroatoms. The molecule has 7 nitrogen and oxygen atoms in total. The smallest absolute Gasteiger partial charge is 0.324 e. The predicted octanol–water partition coefficient (Wildman–Crippen LogP) is 3.77. The predicted molar refractivity (Wildman–Crippen MR) is 109 cm³/mol. The van der Waals surface area contributed by atoms with Crippen molar-refractivity contribution in [3.05, 3.63) is 59.8 Å². The number of carbonyl (C=O) groups excluding carboxylic acids is 2. The van der Waals surface area contributed by atoms with E-state index in [0.29, 0.717) is 17.1 Å². The van der Waals surface area contributed by atoms with Gasteiger partial charge in [0.2, 0.25) is 0 Å². The van der Waals surface area contributed by atoms with E-state index in [1.807, 2.05) is 24.3 Å². The lowest BCUT2D eigenvalue weighted by Gasteiger charge is -2.36. The van der Waals surface area contributed by atoms with Crippen molar-refractivity contribution >= 4 is 22.8 Å². The van der Waals surface area contributed by atoms with E-state index in [9.17, 15) is 9.59 Å². The Bertz CT molecular complexity index is 1100. The molecule has 1 saturated heterocycles. The fourth-order valence-corrected chi connectivity index (χ4v) is 3.96. The van der Waals surface area contributed by atoms with E-state index < -0.39 is 29.6 Å². The third-order valence-corrected chi connectivity index (χ3v) is 5.26. The molecule has 1 aliphatic heterocycles. The van der Waals surface area contributed by atoms with Crippen molar-refractivity contribution in [1.82, 2.24) is 4.98 Å². The number of nitrogens with one attached hydrogen (secondary N) is 1. The van der Waals surface area contributed by atoms with E-state index in [1.165, 1.54) is 21.0 Å². The topological polar surface area (TPSA) is 86.8 Å². The Balaban J connectivity index is 1.95. The molecule has 0 bridgehead atoms. The molecule has 0 amide bonds. The fourth-order valence-electron chi connectivity index (χ4n) is 3.96. The largest absolute Gasteiger partial charge is 0.497 e. The van der Waals surface area contributed by atoms with Crippen molar-refractivity contribution in [3.8, 4) is 11.5 Å². The summed E-state index contributed by atoms with van der Waals surface area (Å²) < 4.78 is 21.8. The fraction of sp³-hybridized carbons (Fsp3) is 0.304. The number of aromatic nitrogens is 1. The number of cyclic esters (lactones) is 2. The monoisotopic (exact) mass is 409 g/mol. The summed E-state index contributed by atoms with van der Waals surface area (Å²) >= 11 is 0. The van der Waals surface area contributed by atoms with Crippen LogP contribution in [0.25, 0.3) is 10.9 Å². The lowest BCUT2D eigenvalue weighted by Crippen LogP contribution is -2.48. The molecule has 0 spiro atoms. The van der Waals surface area contributed by atoms with Crippen molar-refractivity contribution in [2.75, 3.05) is 14.2 Å². The molecule has 0 radical (unpaired) electrons. The molecule has 4 rings (SSSR count). The Kier molecular flexibility index (Phi) is 4.89. The summed E-state index contributed by atoms with van der Waals surface area (Å²) in [5.41, 5.74) is 2.27. The minimum atomic E-state index is -1.31. The maximum atomic E-state index is 13.0. The molecule has 1 fully saturated rings. The molecule has 1 N–H and O–H groups in total. The molecule has 3 aromatic rings. The second-order valence-electron chi connectivity index (χ2n) is 7.59. The molecule has 1 atom stereocenters. The highest BCUT2D eigenvalue weighted by atomic mass is 16.7. The van der Waals surface area contributed by atoms with Gasteiger partial charge in [-0.05, 0) is 29.8 Å². The molecule has 156 valence electrons. The van der Waals surface area contributed by atoms with Gasteiger partial charge in [0.15, 0.2) is 5.92 Å². The molecule has 0 aliphatic carbocycles. The quantitative estimate of drug-likeness (QED) is 0.510. The SMILES string of the molecule is COc1ccc(OC)c(C(c2c[nH]c3ccccc23)C2C(=O)OC(C)(C)OC2=O)c1. The van der Waals surface area contributed by atoms with Gasteiger partial charge in [-0.2, -0.15) is 0 Å². The van der Waals surface area contributed by atoms with E-state index in [-0.39, 0.29) is 0 Å². The second-order valence-corrected chi connectivity index (χ2v) is 7.59. The zero-order chi connectivity index (χ0) is 21.5. The number of rotatable bonds is 5. The molecule has 1 unspecified atom stereocenters. The van der Waals surface area contributed by atoms with Gasteiger partial charge in [0.25, 0.3) is 5.79 Å². The van der Waals surface area contributed by atoms with E-state index in [4.69, 9.17) is 18.9 Å². The van der Waals surface area contributed by atoms with Crippen LogP contribution in [0, 0.1) is 5.92 Å². The van der Waals surface area contributed by atoms with Crippen LogP contribution in [0.3, 0.4) is 0 Å². The summed E-state index contributed by atoms with van der Waals surface area (Å²) in [4.78, 5) is 29.2. The molecule has 2 aromatic carbocycles. The molecule has 1 aliphatic rings. The Morgan fingerprint density at radius 3 is 2.33 bits per heavy atom. The summed E-state index contributed by atoms with van der Waals surface area (Å²) in [5, 5.41) is 0.887. The molecule has 30 heavy (non-hydrogen) atoms. The highest BCUT2D eigenvalue weighted by Gasteiger charge is 2.49. The molecule has 1 aromatic heterocycles. The van der Waals surface area contributed by atoms with Crippen molar-refractivity contribution in [2.24, 2.45) is 5.92 Å². The second kappa shape index (κ2) is 7.40. The van der Waals surface area contributed by atoms with Gasteiger partial charge in [0.1, 0.15) is 11.5 Å². The minimum absolute atomic E-state index is 0.525. The van der Waals surface area contributed by atoms with Crippen LogP contribution in [0.2, 0.25) is 0 Å². The summed E-state index contributed by atoms with van der Waals surface area (Å²) in [7, 11) is 3.09. The number of ether oxygens (including phenoxy) is 4. The van der Waals surface area contributed by atoms with E-state index >= 15 is 0 Å². The maximum absolute atomic E-state index is 13.0. The zero-order valence-corrected chi connectivity index (χ0v) is 17.2. The average Bonchev–Trinajstić information content (AvgIpc) is 3.13. The Morgan fingerprint density at radius 2 is 1.67 bits per heavy atom. The van der Waals surface area contributed by atoms with Crippen LogP contribution in [-0.2, 0) is 19.1 Å². The number of carbonyl (C=O) groups is 2. The van der Waals surface area contributed by atoms with Gasteiger partial charge in [-0.25, -0.2) is 0 Å². The Morgan fingerprint density at radius 1 is 0.967 bits per heavy atom. The van der Waals surface area contributed by atoms with Crippen LogP contribution >= 0.6 is 0 Å². The van der Waals surface area contributed by atoms with Crippen molar-refractivity contribution in [1.29, 1.82) is 0 Å². The van der Waals surface area contributed by atoms with Gasteiger partial charge >= 0.3 is 11.9 Å². The molecule has 2 heterocycles. The van der Waals surface area contributed by atoms with E-state index in [1.54, 1.807) is 31.5 Å². The normalized spacial score (nSPS) is 17.3. The van der Waals surface area contributed by atoms with Gasteiger partial charge in [-0.1, -0.05) is 18.2 Å². The number of hydrogen-bond donors (Lipinski definition) is 1. The van der Waals surface area contributed by atoms with E-state index in [0.717, 1.165) is 16.5 Å². The number of methoxy groups -OCH3 is 2. The van der Waals surface area contributed by atoms with Crippen molar-refractivity contribution < 1.29 is 28.5 Å². The number of para-hydroxylation sites is 1. The zero-order valence-electron chi connectivity index (χ0n) is 17.2. The first-order chi connectivity index (χ1) is 14.3. The number of benzene rings is 2. The first-order valence-electron chi connectivity index (χ1n) is 9.58. The highest BCUT2D eigenvalue weighted by molar-refractivity contribution is 5.99. The minimum Gasteiger partial charge on any atom is -0.497 e. The number of esters is 2. The third kappa shape index (κ3) is 3.36.